The lowest BCUT2D eigenvalue weighted by atomic mass is 10.3. The highest BCUT2D eigenvalue weighted by Crippen LogP contribution is 2.10. The highest BCUT2D eigenvalue weighted by Gasteiger charge is 2.33. The van der Waals surface area contributed by atoms with Crippen molar-refractivity contribution in [3.63, 3.8) is 0 Å². The van der Waals surface area contributed by atoms with Crippen molar-refractivity contribution in [3.05, 3.63) is 0 Å². The number of ether oxygens (including phenoxy) is 2. The number of hydrogen-bond donors (Lipinski definition) is 0. The second-order valence-corrected chi connectivity index (χ2v) is 1.69. The number of carbonyl (C=O) groups is 2. The van der Waals surface area contributed by atoms with Gasteiger partial charge in [0.1, 0.15) is 0 Å². The molecule has 1 aliphatic rings. The lowest BCUT2D eigenvalue weighted by molar-refractivity contribution is -0.136. The summed E-state index contributed by atoms with van der Waals surface area (Å²) in [5, 5.41) is 0. The van der Waals surface area contributed by atoms with Gasteiger partial charge in [0, 0.05) is 0 Å². The third-order valence-corrected chi connectivity index (χ3v) is 1.06. The Labute approximate surface area is 51.7 Å². The van der Waals surface area contributed by atoms with Gasteiger partial charge >= 0.3 is 12.1 Å². The zero-order chi connectivity index (χ0) is 6.85. The Kier molecular flexibility index (Phi) is 1.38. The van der Waals surface area contributed by atoms with Crippen LogP contribution < -0.4 is 0 Å². The Morgan fingerprint density at radius 3 is 2.44 bits per heavy atom. The minimum atomic E-state index is -0.883. The third-order valence-electron chi connectivity index (χ3n) is 1.06. The van der Waals surface area contributed by atoms with Crippen LogP contribution in [0.1, 0.15) is 13.3 Å². The van der Waals surface area contributed by atoms with Crippen molar-refractivity contribution in [3.8, 4) is 0 Å². The molecular formula is C5H6O4. The zero-order valence-electron chi connectivity index (χ0n) is 4.92. The third kappa shape index (κ3) is 1.01. The predicted molar refractivity (Wildman–Crippen MR) is 26.7 cm³/mol. The molecule has 0 saturated carbocycles. The molecule has 0 aliphatic carbocycles. The van der Waals surface area contributed by atoms with Crippen molar-refractivity contribution in [1.29, 1.82) is 0 Å². The molecule has 0 radical (unpaired) electrons. The first-order chi connectivity index (χ1) is 4.24. The fraction of sp³-hybridized carbons (Fsp3) is 0.600. The van der Waals surface area contributed by atoms with Gasteiger partial charge < -0.3 is 9.47 Å². The van der Waals surface area contributed by atoms with Crippen molar-refractivity contribution in [2.24, 2.45) is 0 Å². The number of carbonyl (C=O) groups excluding carboxylic acids is 2. The minimum absolute atomic E-state index is 0.477. The van der Waals surface area contributed by atoms with Gasteiger partial charge in [-0.1, -0.05) is 6.92 Å². The maximum atomic E-state index is 10.4. The first-order valence-corrected chi connectivity index (χ1v) is 2.66. The molecule has 0 aromatic heterocycles. The van der Waals surface area contributed by atoms with E-state index in [1.807, 2.05) is 0 Å². The van der Waals surface area contributed by atoms with E-state index in [4.69, 9.17) is 0 Å². The molecule has 1 atom stereocenters. The van der Waals surface area contributed by atoms with Crippen LogP contribution in [0, 0.1) is 0 Å². The maximum absolute atomic E-state index is 10.4. The summed E-state index contributed by atoms with van der Waals surface area (Å²) in [6.45, 7) is 1.74. The summed E-state index contributed by atoms with van der Waals surface area (Å²) >= 11 is 0. The molecule has 1 fully saturated rings. The Bertz CT molecular complexity index is 151. The van der Waals surface area contributed by atoms with Crippen LogP contribution in [0.3, 0.4) is 0 Å². The summed E-state index contributed by atoms with van der Waals surface area (Å²) in [6.07, 6.45) is -1.07. The zero-order valence-corrected chi connectivity index (χ0v) is 4.92. The lowest BCUT2D eigenvalue weighted by Gasteiger charge is -1.95. The van der Waals surface area contributed by atoms with Gasteiger partial charge in [-0.2, -0.15) is 0 Å². The van der Waals surface area contributed by atoms with E-state index >= 15 is 0 Å². The van der Waals surface area contributed by atoms with Gasteiger partial charge in [-0.3, -0.25) is 0 Å². The smallest absolute Gasteiger partial charge is 0.419 e. The van der Waals surface area contributed by atoms with Crippen molar-refractivity contribution in [2.75, 3.05) is 0 Å². The summed E-state index contributed by atoms with van der Waals surface area (Å²) in [5.74, 6) is -0.581. The lowest BCUT2D eigenvalue weighted by Crippen LogP contribution is -2.13. The van der Waals surface area contributed by atoms with Gasteiger partial charge in [-0.15, -0.1) is 0 Å². The van der Waals surface area contributed by atoms with E-state index in [2.05, 4.69) is 9.47 Å². The molecule has 0 spiro atoms. The van der Waals surface area contributed by atoms with Crippen molar-refractivity contribution >= 4 is 12.1 Å². The fourth-order valence-corrected chi connectivity index (χ4v) is 0.586. The molecule has 0 amide bonds. The van der Waals surface area contributed by atoms with Crippen molar-refractivity contribution in [1.82, 2.24) is 0 Å². The first-order valence-electron chi connectivity index (χ1n) is 2.66. The first kappa shape index (κ1) is 6.07. The van der Waals surface area contributed by atoms with E-state index in [0.717, 1.165) is 0 Å². The van der Waals surface area contributed by atoms with E-state index < -0.39 is 18.2 Å². The number of esters is 1. The molecule has 1 unspecified atom stereocenters. The van der Waals surface area contributed by atoms with Crippen LogP contribution in [0.5, 0.6) is 0 Å². The average Bonchev–Trinajstić information content (AvgIpc) is 2.10. The SMILES string of the molecule is CCC1OC(=O)OC1=O. The van der Waals surface area contributed by atoms with E-state index in [1.165, 1.54) is 0 Å². The highest BCUT2D eigenvalue weighted by atomic mass is 16.8. The summed E-state index contributed by atoms with van der Waals surface area (Å²) in [7, 11) is 0. The molecule has 50 valence electrons. The molecule has 1 heterocycles. The highest BCUT2D eigenvalue weighted by molar-refractivity contribution is 5.90. The normalized spacial score (nSPS) is 25.7. The van der Waals surface area contributed by atoms with Crippen LogP contribution in [-0.2, 0) is 14.3 Å². The molecule has 0 aromatic carbocycles. The molecule has 0 bridgehead atoms. The molecule has 4 nitrogen and oxygen atoms in total. The van der Waals surface area contributed by atoms with Gasteiger partial charge in [-0.05, 0) is 6.42 Å². The number of hydrogen-bond acceptors (Lipinski definition) is 4. The standard InChI is InChI=1S/C5H6O4/c1-2-3-4(6)9-5(7)8-3/h3H,2H2,1H3. The van der Waals surface area contributed by atoms with Gasteiger partial charge in [0.25, 0.3) is 0 Å². The van der Waals surface area contributed by atoms with E-state index in [0.29, 0.717) is 6.42 Å². The van der Waals surface area contributed by atoms with E-state index in [9.17, 15) is 9.59 Å². The van der Waals surface area contributed by atoms with Crippen LogP contribution in [0.2, 0.25) is 0 Å². The molecule has 1 rings (SSSR count). The van der Waals surface area contributed by atoms with Crippen molar-refractivity contribution < 1.29 is 19.1 Å². The summed E-state index contributed by atoms with van der Waals surface area (Å²) in [4.78, 5) is 20.6. The fourth-order valence-electron chi connectivity index (χ4n) is 0.586. The van der Waals surface area contributed by atoms with Gasteiger partial charge in [-0.25, -0.2) is 9.59 Å². The van der Waals surface area contributed by atoms with Gasteiger partial charge in [0.15, 0.2) is 0 Å². The largest absolute Gasteiger partial charge is 0.517 e. The van der Waals surface area contributed by atoms with Crippen LogP contribution in [0.25, 0.3) is 0 Å². The maximum Gasteiger partial charge on any atom is 0.517 e. The average molecular weight is 130 g/mol. The van der Waals surface area contributed by atoms with Crippen LogP contribution >= 0.6 is 0 Å². The van der Waals surface area contributed by atoms with Gasteiger partial charge in [0.2, 0.25) is 6.10 Å². The molecule has 9 heavy (non-hydrogen) atoms. The number of cyclic esters (lactones) is 3. The van der Waals surface area contributed by atoms with Crippen LogP contribution in [0.4, 0.5) is 4.79 Å². The Morgan fingerprint density at radius 2 is 2.22 bits per heavy atom. The summed E-state index contributed by atoms with van der Waals surface area (Å²) in [6, 6.07) is 0. The van der Waals surface area contributed by atoms with E-state index in [1.54, 1.807) is 6.92 Å². The predicted octanol–water partition coefficient (Wildman–Crippen LogP) is 0.458. The summed E-state index contributed by atoms with van der Waals surface area (Å²) in [5.41, 5.74) is 0. The topological polar surface area (TPSA) is 52.6 Å². The van der Waals surface area contributed by atoms with Gasteiger partial charge in [0.05, 0.1) is 0 Å². The van der Waals surface area contributed by atoms with Crippen LogP contribution in [0.15, 0.2) is 0 Å². The van der Waals surface area contributed by atoms with Crippen LogP contribution in [-0.4, -0.2) is 18.2 Å². The minimum Gasteiger partial charge on any atom is -0.419 e. The van der Waals surface area contributed by atoms with Crippen molar-refractivity contribution in [2.45, 2.75) is 19.4 Å². The second kappa shape index (κ2) is 2.05. The molecular weight excluding hydrogens is 124 g/mol. The molecule has 1 saturated heterocycles. The Morgan fingerprint density at radius 1 is 1.56 bits per heavy atom. The second-order valence-electron chi connectivity index (χ2n) is 1.69. The molecule has 0 aromatic rings. The molecule has 1 aliphatic heterocycles. The monoisotopic (exact) mass is 130 g/mol. The quantitative estimate of drug-likeness (QED) is 0.382. The summed E-state index contributed by atoms with van der Waals surface area (Å²) < 4.78 is 8.48. The Balaban J connectivity index is 2.58. The number of rotatable bonds is 1. The Hall–Kier alpha value is -1.06. The molecule has 4 heteroatoms. The van der Waals surface area contributed by atoms with E-state index in [-0.39, 0.29) is 0 Å². The molecule has 0 N–H and O–H groups in total.